The summed E-state index contributed by atoms with van der Waals surface area (Å²) in [7, 11) is 1.34. The molecule has 0 saturated carbocycles. The van der Waals surface area contributed by atoms with Crippen molar-refractivity contribution in [3.63, 3.8) is 0 Å². The second-order valence-corrected chi connectivity index (χ2v) is 20.4. The van der Waals surface area contributed by atoms with Crippen LogP contribution in [0.4, 0.5) is 0 Å². The van der Waals surface area contributed by atoms with E-state index in [1.165, 1.54) is 12.7 Å². The van der Waals surface area contributed by atoms with E-state index in [-0.39, 0.29) is 48.9 Å². The Morgan fingerprint density at radius 1 is 0.613 bits per heavy atom. The molecule has 2 aliphatic rings. The molecule has 0 radical (unpaired) electrons. The summed E-state index contributed by atoms with van der Waals surface area (Å²) in [5, 5.41) is 20.0. The minimum absolute atomic E-state index is 0. The summed E-state index contributed by atoms with van der Waals surface area (Å²) >= 11 is 30.7. The van der Waals surface area contributed by atoms with Crippen LogP contribution < -0.4 is 11.1 Å². The van der Waals surface area contributed by atoms with Crippen LogP contribution in [-0.4, -0.2) is 76.7 Å². The predicted molar refractivity (Wildman–Crippen MR) is 313 cm³/mol. The van der Waals surface area contributed by atoms with Crippen molar-refractivity contribution in [2.75, 3.05) is 20.2 Å². The summed E-state index contributed by atoms with van der Waals surface area (Å²) in [6, 6.07) is 50.4. The molecule has 2 heterocycles. The van der Waals surface area contributed by atoms with Gasteiger partial charge in [-0.1, -0.05) is 191 Å². The normalized spacial score (nSPS) is 16.1. The summed E-state index contributed by atoms with van der Waals surface area (Å²) in [6.45, 7) is 11.5. The first kappa shape index (κ1) is 59.8. The maximum absolute atomic E-state index is 12.5. The maximum atomic E-state index is 12.5. The van der Waals surface area contributed by atoms with Crippen molar-refractivity contribution in [3.05, 3.63) is 211 Å². The number of ether oxygens (including phenoxy) is 1. The van der Waals surface area contributed by atoms with E-state index in [9.17, 15) is 9.59 Å². The Morgan fingerprint density at radius 2 is 1.00 bits per heavy atom. The zero-order valence-corrected chi connectivity index (χ0v) is 46.0. The van der Waals surface area contributed by atoms with Crippen LogP contribution in [0.5, 0.6) is 0 Å². The fourth-order valence-electron chi connectivity index (χ4n) is 7.98. The Bertz CT molecular complexity index is 2880. The van der Waals surface area contributed by atoms with Crippen molar-refractivity contribution in [2.45, 2.75) is 79.1 Å². The van der Waals surface area contributed by atoms with Crippen molar-refractivity contribution in [1.29, 1.82) is 0 Å². The lowest BCUT2D eigenvalue weighted by molar-refractivity contribution is -0.143. The summed E-state index contributed by atoms with van der Waals surface area (Å²) in [4.78, 5) is 32.5. The lowest BCUT2D eigenvalue weighted by atomic mass is 9.91. The van der Waals surface area contributed by atoms with E-state index in [1.807, 2.05) is 166 Å². The fourth-order valence-corrected chi connectivity index (χ4v) is 8.65. The van der Waals surface area contributed by atoms with Crippen LogP contribution in [0.3, 0.4) is 0 Å². The number of carbonyl (C=O) groups excluding carboxylic acids is 2. The van der Waals surface area contributed by atoms with Gasteiger partial charge in [-0.3, -0.25) is 14.6 Å². The number of esters is 1. The van der Waals surface area contributed by atoms with Gasteiger partial charge in [0, 0.05) is 31.9 Å². The molecule has 0 fully saturated rings. The first-order valence-corrected chi connectivity index (χ1v) is 26.1. The monoisotopic (exact) mass is 1110 g/mol. The van der Waals surface area contributed by atoms with Crippen LogP contribution in [-0.2, 0) is 27.4 Å². The highest BCUT2D eigenvalue weighted by Crippen LogP contribution is 2.32. The van der Waals surface area contributed by atoms with E-state index in [4.69, 9.17) is 78.9 Å². The topological polar surface area (TPSA) is 137 Å². The maximum Gasteiger partial charge on any atom is 0.322 e. The van der Waals surface area contributed by atoms with Gasteiger partial charge in [-0.05, 0) is 112 Å². The molecule has 0 bridgehead atoms. The number of carbonyl (C=O) groups is 2. The molecule has 0 aromatic heterocycles. The van der Waals surface area contributed by atoms with Gasteiger partial charge in [-0.15, -0.1) is 0 Å². The van der Waals surface area contributed by atoms with Crippen molar-refractivity contribution < 1.29 is 14.3 Å². The Morgan fingerprint density at radius 3 is 1.37 bits per heavy atom. The third kappa shape index (κ3) is 17.5. The summed E-state index contributed by atoms with van der Waals surface area (Å²) < 4.78 is 4.41. The lowest BCUT2D eigenvalue weighted by Gasteiger charge is -2.26. The summed E-state index contributed by atoms with van der Waals surface area (Å²) in [5.41, 5.74) is 13.7. The zero-order chi connectivity index (χ0) is 53.3. The Balaban J connectivity index is 0.000000239. The highest BCUT2D eigenvalue weighted by atomic mass is 35.5. The molecular formula is C59H65Cl5N8O3. The van der Waals surface area contributed by atoms with Crippen molar-refractivity contribution in [2.24, 2.45) is 37.8 Å². The number of methoxy groups -OCH3 is 1. The number of rotatable bonds is 13. The molecule has 0 aliphatic carbocycles. The van der Waals surface area contributed by atoms with E-state index < -0.39 is 6.04 Å². The molecule has 6 aromatic rings. The van der Waals surface area contributed by atoms with Crippen LogP contribution in [0.15, 0.2) is 178 Å². The SMILES string of the molecule is C.CC(=O)C(NC(=NCc1ccc(Cl)cc1)N1CC(c2ccccc2)C(c2ccc(Cl)cc2)=N1)C(C)C.COC(=O)C(N)C(C)C.ClC(=NCc1ccc(Cl)cc1)N1CC(c2ccccc2)C(c2ccc(Cl)cc2)=N1. The van der Waals surface area contributed by atoms with Gasteiger partial charge in [0.2, 0.25) is 11.3 Å². The number of nitrogens with zero attached hydrogens (tertiary/aromatic N) is 6. The molecule has 394 valence electrons. The number of aliphatic imine (C=N–C) groups is 2. The van der Waals surface area contributed by atoms with E-state index in [1.54, 1.807) is 11.9 Å². The van der Waals surface area contributed by atoms with Crippen LogP contribution in [0.2, 0.25) is 20.1 Å². The first-order chi connectivity index (χ1) is 35.5. The molecule has 11 nitrogen and oxygen atoms in total. The van der Waals surface area contributed by atoms with Gasteiger partial charge in [0.1, 0.15) is 6.04 Å². The number of hydrogen-bond donors (Lipinski definition) is 2. The minimum atomic E-state index is -0.477. The molecule has 8 rings (SSSR count). The molecule has 6 aromatic carbocycles. The van der Waals surface area contributed by atoms with Gasteiger partial charge in [0.05, 0.1) is 50.8 Å². The molecule has 4 unspecified atom stereocenters. The van der Waals surface area contributed by atoms with Gasteiger partial charge in [0.15, 0.2) is 5.78 Å². The second-order valence-electron chi connectivity index (χ2n) is 18.3. The minimum Gasteiger partial charge on any atom is -0.468 e. The van der Waals surface area contributed by atoms with Gasteiger partial charge in [-0.25, -0.2) is 15.0 Å². The molecule has 0 spiro atoms. The number of Topliss-reactive ketones (excluding diaryl/α,β-unsaturated/α-hetero) is 1. The third-order valence-corrected chi connectivity index (χ3v) is 13.5. The van der Waals surface area contributed by atoms with E-state index in [0.717, 1.165) is 39.2 Å². The fraction of sp³-hybridized carbons (Fsp3) is 0.288. The Kier molecular flexibility index (Phi) is 23.4. The average molecular weight is 1110 g/mol. The van der Waals surface area contributed by atoms with Gasteiger partial charge in [0.25, 0.3) is 0 Å². The molecule has 3 N–H and O–H groups in total. The quantitative estimate of drug-likeness (QED) is 0.0508. The molecule has 4 atom stereocenters. The van der Waals surface area contributed by atoms with Gasteiger partial charge in [-0.2, -0.15) is 10.2 Å². The number of hydrazone groups is 2. The molecule has 2 aliphatic heterocycles. The number of nitrogens with one attached hydrogen (secondary N) is 1. The Labute approximate surface area is 467 Å². The van der Waals surface area contributed by atoms with Crippen molar-refractivity contribution in [3.8, 4) is 0 Å². The standard InChI is InChI=1S/C29H30Cl2N4O.C23H18Cl3N3.C6H13NO2.CH4/c1-19(2)27(20(3)36)33-29(32-17-21-9-13-24(30)14-10-21)35-18-26(22-7-5-4-6-8-22)28(34-35)23-11-15-25(31)16-12-23;24-19-10-6-16(7-11-19)14-27-23(26)29-15-21(17-4-2-1-3-5-17)22(28-29)18-8-12-20(25)13-9-18;1-4(2)5(7)6(8)9-3;/h4-16,19,26-27H,17-18H2,1-3H3,(H,32,33);1-13,21H,14-15H2;4-5H,7H2,1-3H3;1H4. The zero-order valence-electron chi connectivity index (χ0n) is 42.2. The number of nitrogens with two attached hydrogens (primary N) is 1. The van der Waals surface area contributed by atoms with E-state index >= 15 is 0 Å². The molecule has 75 heavy (non-hydrogen) atoms. The number of halogens is 5. The molecule has 16 heteroatoms. The van der Waals surface area contributed by atoms with Crippen LogP contribution in [0, 0.1) is 11.8 Å². The molecule has 0 saturated heterocycles. The highest BCUT2D eigenvalue weighted by molar-refractivity contribution is 6.64. The smallest absolute Gasteiger partial charge is 0.322 e. The summed E-state index contributed by atoms with van der Waals surface area (Å²) in [6.07, 6.45) is 0. The van der Waals surface area contributed by atoms with Gasteiger partial charge >= 0.3 is 5.97 Å². The first-order valence-electron chi connectivity index (χ1n) is 24.2. The van der Waals surface area contributed by atoms with Crippen LogP contribution in [0.25, 0.3) is 0 Å². The number of guanidine groups is 1. The average Bonchev–Trinajstić information content (AvgIpc) is 4.06. The highest BCUT2D eigenvalue weighted by Gasteiger charge is 2.34. The second kappa shape index (κ2) is 29.3. The van der Waals surface area contributed by atoms with E-state index in [0.29, 0.717) is 57.5 Å². The number of ketones is 1. The Hall–Kier alpha value is -6.05. The third-order valence-electron chi connectivity index (χ3n) is 12.2. The van der Waals surface area contributed by atoms with Crippen LogP contribution >= 0.6 is 58.0 Å². The molecule has 0 amide bonds. The van der Waals surface area contributed by atoms with Crippen LogP contribution in [0.1, 0.15) is 87.3 Å². The number of amidine groups is 1. The van der Waals surface area contributed by atoms with Gasteiger partial charge < -0.3 is 15.8 Å². The predicted octanol–water partition coefficient (Wildman–Crippen LogP) is 13.9. The van der Waals surface area contributed by atoms with Crippen molar-refractivity contribution in [1.82, 2.24) is 15.3 Å². The largest absolute Gasteiger partial charge is 0.468 e. The van der Waals surface area contributed by atoms with E-state index in [2.05, 4.69) is 39.3 Å². The summed E-state index contributed by atoms with van der Waals surface area (Å²) in [5.74, 6) is 0.660. The van der Waals surface area contributed by atoms with Crippen molar-refractivity contribution >= 4 is 92.4 Å². The molecular weight excluding hydrogens is 1050 g/mol. The number of benzene rings is 6. The number of hydrogen-bond acceptors (Lipinski definition) is 8. The lowest BCUT2D eigenvalue weighted by Crippen LogP contribution is -2.49.